The van der Waals surface area contributed by atoms with Gasteiger partial charge in [-0.15, -0.1) is 11.3 Å². The summed E-state index contributed by atoms with van der Waals surface area (Å²) in [6.45, 7) is 0. The minimum atomic E-state index is 0.307. The summed E-state index contributed by atoms with van der Waals surface area (Å²) >= 11 is 1.68. The fourth-order valence-corrected chi connectivity index (χ4v) is 3.54. The SMILES string of the molecule is Oc1cccc(-c2nc(C3CCCCC3)cs2)c1. The number of nitrogens with zero attached hydrogens (tertiary/aromatic N) is 1. The molecule has 0 radical (unpaired) electrons. The zero-order valence-corrected chi connectivity index (χ0v) is 11.1. The van der Waals surface area contributed by atoms with Gasteiger partial charge in [0.15, 0.2) is 0 Å². The Labute approximate surface area is 111 Å². The fraction of sp³-hybridized carbons (Fsp3) is 0.400. The van der Waals surface area contributed by atoms with Crippen molar-refractivity contribution in [3.63, 3.8) is 0 Å². The van der Waals surface area contributed by atoms with Crippen LogP contribution >= 0.6 is 11.3 Å². The van der Waals surface area contributed by atoms with Gasteiger partial charge in [-0.25, -0.2) is 4.98 Å². The number of phenols is 1. The highest BCUT2D eigenvalue weighted by atomic mass is 32.1. The van der Waals surface area contributed by atoms with Gasteiger partial charge < -0.3 is 5.11 Å². The normalized spacial score (nSPS) is 16.9. The standard InChI is InChI=1S/C15H17NOS/c17-13-8-4-7-12(9-13)15-16-14(10-18-15)11-5-2-1-3-6-11/h4,7-11,17H,1-3,5-6H2. The van der Waals surface area contributed by atoms with Gasteiger partial charge in [0, 0.05) is 16.9 Å². The van der Waals surface area contributed by atoms with E-state index in [2.05, 4.69) is 5.38 Å². The molecule has 3 rings (SSSR count). The van der Waals surface area contributed by atoms with Crippen molar-refractivity contribution in [3.05, 3.63) is 35.3 Å². The fourth-order valence-electron chi connectivity index (χ4n) is 2.64. The Hall–Kier alpha value is -1.35. The van der Waals surface area contributed by atoms with Crippen LogP contribution in [0.4, 0.5) is 0 Å². The van der Waals surface area contributed by atoms with Crippen molar-refractivity contribution in [2.24, 2.45) is 0 Å². The number of benzene rings is 1. The monoisotopic (exact) mass is 259 g/mol. The Morgan fingerprint density at radius 3 is 2.78 bits per heavy atom. The van der Waals surface area contributed by atoms with Gasteiger partial charge in [0.2, 0.25) is 0 Å². The van der Waals surface area contributed by atoms with Gasteiger partial charge in [-0.1, -0.05) is 31.4 Å². The van der Waals surface area contributed by atoms with E-state index in [-0.39, 0.29) is 0 Å². The van der Waals surface area contributed by atoms with E-state index < -0.39 is 0 Å². The lowest BCUT2D eigenvalue weighted by Crippen LogP contribution is -2.04. The minimum Gasteiger partial charge on any atom is -0.508 e. The topological polar surface area (TPSA) is 33.1 Å². The molecule has 1 fully saturated rings. The molecule has 2 aromatic rings. The van der Waals surface area contributed by atoms with Gasteiger partial charge in [-0.3, -0.25) is 0 Å². The summed E-state index contributed by atoms with van der Waals surface area (Å²) in [6.07, 6.45) is 6.61. The van der Waals surface area contributed by atoms with E-state index in [0.29, 0.717) is 11.7 Å². The Balaban J connectivity index is 1.84. The van der Waals surface area contributed by atoms with Gasteiger partial charge in [0.25, 0.3) is 0 Å². The molecule has 1 aromatic heterocycles. The average molecular weight is 259 g/mol. The van der Waals surface area contributed by atoms with Crippen molar-refractivity contribution in [3.8, 4) is 16.3 Å². The van der Waals surface area contributed by atoms with E-state index in [1.807, 2.05) is 12.1 Å². The minimum absolute atomic E-state index is 0.307. The highest BCUT2D eigenvalue weighted by Crippen LogP contribution is 2.35. The van der Waals surface area contributed by atoms with Gasteiger partial charge in [-0.2, -0.15) is 0 Å². The number of phenolic OH excluding ortho intramolecular Hbond substituents is 1. The lowest BCUT2D eigenvalue weighted by Gasteiger charge is -2.19. The molecule has 1 aliphatic rings. The third-order valence-corrected chi connectivity index (χ3v) is 4.55. The molecule has 0 unspecified atom stereocenters. The number of hydrogen-bond donors (Lipinski definition) is 1. The zero-order valence-electron chi connectivity index (χ0n) is 10.3. The smallest absolute Gasteiger partial charge is 0.123 e. The van der Waals surface area contributed by atoms with Crippen LogP contribution in [0.15, 0.2) is 29.6 Å². The summed E-state index contributed by atoms with van der Waals surface area (Å²) in [5.41, 5.74) is 2.26. The van der Waals surface area contributed by atoms with Crippen molar-refractivity contribution in [1.29, 1.82) is 0 Å². The maximum absolute atomic E-state index is 9.51. The van der Waals surface area contributed by atoms with Gasteiger partial charge >= 0.3 is 0 Å². The van der Waals surface area contributed by atoms with Crippen molar-refractivity contribution >= 4 is 11.3 Å². The molecule has 0 bridgehead atoms. The lowest BCUT2D eigenvalue weighted by atomic mass is 9.87. The number of hydrogen-bond acceptors (Lipinski definition) is 3. The largest absolute Gasteiger partial charge is 0.508 e. The zero-order chi connectivity index (χ0) is 12.4. The van der Waals surface area contributed by atoms with Crippen LogP contribution in [-0.2, 0) is 0 Å². The Kier molecular flexibility index (Phi) is 3.33. The van der Waals surface area contributed by atoms with Crippen LogP contribution < -0.4 is 0 Å². The number of aromatic hydroxyl groups is 1. The third-order valence-electron chi connectivity index (χ3n) is 3.64. The second kappa shape index (κ2) is 5.11. The van der Waals surface area contributed by atoms with E-state index in [1.165, 1.54) is 37.8 Å². The summed E-state index contributed by atoms with van der Waals surface area (Å²) in [4.78, 5) is 4.75. The molecule has 18 heavy (non-hydrogen) atoms. The molecule has 0 saturated heterocycles. The van der Waals surface area contributed by atoms with E-state index in [9.17, 15) is 5.11 Å². The summed E-state index contributed by atoms with van der Waals surface area (Å²) in [6, 6.07) is 7.35. The number of rotatable bonds is 2. The van der Waals surface area contributed by atoms with Crippen LogP contribution in [0.5, 0.6) is 5.75 Å². The van der Waals surface area contributed by atoms with Crippen LogP contribution in [0.1, 0.15) is 43.7 Å². The molecule has 1 aliphatic carbocycles. The molecule has 1 heterocycles. The summed E-state index contributed by atoms with van der Waals surface area (Å²) in [7, 11) is 0. The molecule has 1 aromatic carbocycles. The molecule has 0 aliphatic heterocycles. The lowest BCUT2D eigenvalue weighted by molar-refractivity contribution is 0.438. The Morgan fingerprint density at radius 2 is 2.00 bits per heavy atom. The van der Waals surface area contributed by atoms with Crippen molar-refractivity contribution in [1.82, 2.24) is 4.98 Å². The molecular weight excluding hydrogens is 242 g/mol. The van der Waals surface area contributed by atoms with E-state index in [4.69, 9.17) is 4.98 Å². The average Bonchev–Trinajstić information content (AvgIpc) is 2.89. The van der Waals surface area contributed by atoms with Gasteiger partial charge in [-0.05, 0) is 25.0 Å². The van der Waals surface area contributed by atoms with E-state index in [1.54, 1.807) is 23.5 Å². The van der Waals surface area contributed by atoms with E-state index >= 15 is 0 Å². The predicted molar refractivity (Wildman–Crippen MR) is 75.0 cm³/mol. The number of aromatic nitrogens is 1. The predicted octanol–water partition coefficient (Wildman–Crippen LogP) is 4.56. The molecule has 2 nitrogen and oxygen atoms in total. The van der Waals surface area contributed by atoms with Gasteiger partial charge in [0.05, 0.1) is 5.69 Å². The van der Waals surface area contributed by atoms with Crippen LogP contribution in [0.2, 0.25) is 0 Å². The second-order valence-corrected chi connectivity index (χ2v) is 5.82. The van der Waals surface area contributed by atoms with Crippen LogP contribution in [0.25, 0.3) is 10.6 Å². The Bertz CT molecular complexity index is 529. The van der Waals surface area contributed by atoms with Crippen molar-refractivity contribution in [2.75, 3.05) is 0 Å². The van der Waals surface area contributed by atoms with E-state index in [0.717, 1.165) is 10.6 Å². The maximum atomic E-state index is 9.51. The quantitative estimate of drug-likeness (QED) is 0.857. The highest BCUT2D eigenvalue weighted by molar-refractivity contribution is 7.13. The first-order valence-electron chi connectivity index (χ1n) is 6.58. The van der Waals surface area contributed by atoms with Crippen molar-refractivity contribution < 1.29 is 5.11 Å². The van der Waals surface area contributed by atoms with Gasteiger partial charge in [0.1, 0.15) is 10.8 Å². The van der Waals surface area contributed by atoms with Crippen LogP contribution in [0, 0.1) is 0 Å². The van der Waals surface area contributed by atoms with Crippen LogP contribution in [0.3, 0.4) is 0 Å². The maximum Gasteiger partial charge on any atom is 0.123 e. The number of thiazole rings is 1. The third kappa shape index (κ3) is 2.41. The molecule has 1 N–H and O–H groups in total. The van der Waals surface area contributed by atoms with Crippen molar-refractivity contribution in [2.45, 2.75) is 38.0 Å². The molecule has 3 heteroatoms. The molecule has 0 spiro atoms. The first-order valence-corrected chi connectivity index (χ1v) is 7.46. The molecule has 0 amide bonds. The first kappa shape index (κ1) is 11.7. The summed E-state index contributed by atoms with van der Waals surface area (Å²) in [5, 5.41) is 12.7. The molecule has 0 atom stereocenters. The second-order valence-electron chi connectivity index (χ2n) is 4.96. The van der Waals surface area contributed by atoms with Crippen LogP contribution in [-0.4, -0.2) is 10.1 Å². The summed E-state index contributed by atoms with van der Waals surface area (Å²) < 4.78 is 0. The molecular formula is C15H17NOS. The first-order chi connectivity index (χ1) is 8.83. The summed E-state index contributed by atoms with van der Waals surface area (Å²) in [5.74, 6) is 0.961. The molecule has 94 valence electrons. The molecule has 1 saturated carbocycles. The Morgan fingerprint density at radius 1 is 1.17 bits per heavy atom. The highest BCUT2D eigenvalue weighted by Gasteiger charge is 2.18.